The molecule has 0 spiro atoms. The van der Waals surface area contributed by atoms with E-state index in [9.17, 15) is 4.79 Å². The van der Waals surface area contributed by atoms with Gasteiger partial charge in [0.1, 0.15) is 5.75 Å². The van der Waals surface area contributed by atoms with Crippen molar-refractivity contribution < 1.29 is 14.6 Å². The van der Waals surface area contributed by atoms with Crippen molar-refractivity contribution in [2.75, 3.05) is 25.6 Å². The zero-order valence-corrected chi connectivity index (χ0v) is 12.3. The van der Waals surface area contributed by atoms with Crippen molar-refractivity contribution in [3.05, 3.63) is 29.5 Å². The maximum Gasteiger partial charge on any atom is 0.356 e. The van der Waals surface area contributed by atoms with Gasteiger partial charge in [-0.15, -0.1) is 0 Å². The lowest BCUT2D eigenvalue weighted by molar-refractivity contribution is 0.0689. The highest BCUT2D eigenvalue weighted by Crippen LogP contribution is 2.41. The molecule has 21 heavy (non-hydrogen) atoms. The molecule has 2 heterocycles. The first kappa shape index (κ1) is 13.5. The smallest absolute Gasteiger partial charge is 0.356 e. The minimum absolute atomic E-state index is 0.0344. The lowest BCUT2D eigenvalue weighted by Crippen LogP contribution is -2.12. The maximum absolute atomic E-state index is 11.1. The Balaban J connectivity index is 2.18. The van der Waals surface area contributed by atoms with Crippen LogP contribution in [0.2, 0.25) is 0 Å². The lowest BCUT2D eigenvalue weighted by Gasteiger charge is -2.16. The van der Waals surface area contributed by atoms with Crippen LogP contribution in [0.1, 0.15) is 16.1 Å². The monoisotopic (exact) mass is 287 g/mol. The number of ether oxygens (including phenoxy) is 1. The van der Waals surface area contributed by atoms with Crippen LogP contribution in [0.25, 0.3) is 11.3 Å². The zero-order valence-electron chi connectivity index (χ0n) is 12.3. The van der Waals surface area contributed by atoms with E-state index in [-0.39, 0.29) is 5.69 Å². The van der Waals surface area contributed by atoms with Crippen molar-refractivity contribution in [2.45, 2.75) is 6.42 Å². The number of aromatic carboxylic acids is 1. The first-order chi connectivity index (χ1) is 10.0. The van der Waals surface area contributed by atoms with E-state index in [1.807, 2.05) is 12.1 Å². The minimum atomic E-state index is -1.03. The Hall–Kier alpha value is -2.50. The average molecular weight is 287 g/mol. The van der Waals surface area contributed by atoms with Gasteiger partial charge >= 0.3 is 5.97 Å². The fraction of sp³-hybridized carbons (Fsp3) is 0.333. The number of benzene rings is 1. The molecule has 6 nitrogen and oxygen atoms in total. The topological polar surface area (TPSA) is 67.6 Å². The van der Waals surface area contributed by atoms with Gasteiger partial charge in [-0.1, -0.05) is 0 Å². The van der Waals surface area contributed by atoms with E-state index in [2.05, 4.69) is 17.0 Å². The molecule has 0 unspecified atom stereocenters. The van der Waals surface area contributed by atoms with Crippen molar-refractivity contribution in [3.8, 4) is 17.0 Å². The summed E-state index contributed by atoms with van der Waals surface area (Å²) in [5.41, 5.74) is 3.97. The van der Waals surface area contributed by atoms with E-state index in [0.29, 0.717) is 0 Å². The molecule has 1 aromatic carbocycles. The molecule has 0 amide bonds. The normalized spacial score (nSPS) is 13.4. The van der Waals surface area contributed by atoms with Gasteiger partial charge in [0.2, 0.25) is 0 Å². The van der Waals surface area contributed by atoms with Crippen LogP contribution in [0.15, 0.2) is 18.2 Å². The number of hydrogen-bond acceptors (Lipinski definition) is 4. The SMILES string of the molecule is COc1c(-c2cc(C(=O)O)nn2C)ccc2c1CCN2C. The second-order valence-corrected chi connectivity index (χ2v) is 5.16. The molecular formula is C15H17N3O3. The van der Waals surface area contributed by atoms with Gasteiger partial charge in [-0.05, 0) is 24.6 Å². The van der Waals surface area contributed by atoms with Gasteiger partial charge in [0.05, 0.1) is 12.8 Å². The van der Waals surface area contributed by atoms with Crippen molar-refractivity contribution >= 4 is 11.7 Å². The standard InChI is InChI=1S/C15H17N3O3/c1-17-7-6-10-12(17)5-4-9(14(10)21-3)13-8-11(15(19)20)16-18(13)2/h4-5,8H,6-7H2,1-3H3,(H,19,20). The van der Waals surface area contributed by atoms with Crippen molar-refractivity contribution in [1.29, 1.82) is 0 Å². The molecule has 110 valence electrons. The molecule has 1 aromatic heterocycles. The molecule has 0 radical (unpaired) electrons. The largest absolute Gasteiger partial charge is 0.496 e. The summed E-state index contributed by atoms with van der Waals surface area (Å²) in [5.74, 6) is -0.228. The fourth-order valence-electron chi connectivity index (χ4n) is 2.88. The Morgan fingerprint density at radius 3 is 2.76 bits per heavy atom. The maximum atomic E-state index is 11.1. The summed E-state index contributed by atoms with van der Waals surface area (Å²) >= 11 is 0. The van der Waals surface area contributed by atoms with Crippen LogP contribution >= 0.6 is 0 Å². The first-order valence-corrected chi connectivity index (χ1v) is 6.71. The third-order valence-electron chi connectivity index (χ3n) is 3.92. The number of rotatable bonds is 3. The molecule has 2 aromatic rings. The van der Waals surface area contributed by atoms with Crippen molar-refractivity contribution in [2.24, 2.45) is 7.05 Å². The van der Waals surface area contributed by atoms with Crippen LogP contribution in [-0.2, 0) is 13.5 Å². The Morgan fingerprint density at radius 1 is 1.38 bits per heavy atom. The molecule has 1 aliphatic rings. The highest BCUT2D eigenvalue weighted by Gasteiger charge is 2.24. The number of methoxy groups -OCH3 is 1. The van der Waals surface area contributed by atoms with Gasteiger partial charge in [0.15, 0.2) is 5.69 Å². The number of carbonyl (C=O) groups is 1. The Morgan fingerprint density at radius 2 is 2.14 bits per heavy atom. The van der Waals surface area contributed by atoms with Crippen LogP contribution < -0.4 is 9.64 Å². The number of fused-ring (bicyclic) bond motifs is 1. The molecule has 0 fully saturated rings. The van der Waals surface area contributed by atoms with E-state index < -0.39 is 5.97 Å². The van der Waals surface area contributed by atoms with Gasteiger partial charge in [-0.25, -0.2) is 4.79 Å². The molecule has 1 N–H and O–H groups in total. The summed E-state index contributed by atoms with van der Waals surface area (Å²) in [5, 5.41) is 13.1. The van der Waals surface area contributed by atoms with E-state index in [1.165, 1.54) is 0 Å². The summed E-state index contributed by atoms with van der Waals surface area (Å²) in [4.78, 5) is 13.3. The minimum Gasteiger partial charge on any atom is -0.496 e. The number of anilines is 1. The molecule has 6 heteroatoms. The molecule has 1 aliphatic heterocycles. The van der Waals surface area contributed by atoms with Crippen LogP contribution in [0.5, 0.6) is 5.75 Å². The van der Waals surface area contributed by atoms with Crippen LogP contribution in [0.3, 0.4) is 0 Å². The molecule has 0 atom stereocenters. The summed E-state index contributed by atoms with van der Waals surface area (Å²) in [6.45, 7) is 0.959. The predicted octanol–water partition coefficient (Wildman–Crippen LogP) is 1.79. The summed E-state index contributed by atoms with van der Waals surface area (Å²) in [6.07, 6.45) is 0.923. The van der Waals surface area contributed by atoms with Gasteiger partial charge in [0.25, 0.3) is 0 Å². The van der Waals surface area contributed by atoms with Gasteiger partial charge < -0.3 is 14.7 Å². The molecular weight excluding hydrogens is 270 g/mol. The van der Waals surface area contributed by atoms with Crippen LogP contribution in [0, 0.1) is 0 Å². The second-order valence-electron chi connectivity index (χ2n) is 5.16. The van der Waals surface area contributed by atoms with Crippen molar-refractivity contribution in [3.63, 3.8) is 0 Å². The molecule has 0 saturated carbocycles. The fourth-order valence-corrected chi connectivity index (χ4v) is 2.88. The van der Waals surface area contributed by atoms with Crippen LogP contribution in [-0.4, -0.2) is 41.6 Å². The van der Waals surface area contributed by atoms with Crippen molar-refractivity contribution in [1.82, 2.24) is 9.78 Å². The molecule has 0 bridgehead atoms. The number of nitrogens with zero attached hydrogens (tertiary/aromatic N) is 3. The number of likely N-dealkylation sites (N-methyl/N-ethyl adjacent to an activating group) is 1. The first-order valence-electron chi connectivity index (χ1n) is 6.71. The Bertz CT molecular complexity index is 721. The number of aromatic nitrogens is 2. The highest BCUT2D eigenvalue weighted by atomic mass is 16.5. The molecule has 0 saturated heterocycles. The van der Waals surface area contributed by atoms with E-state index in [4.69, 9.17) is 9.84 Å². The molecule has 3 rings (SSSR count). The number of aryl methyl sites for hydroxylation is 1. The summed E-state index contributed by atoms with van der Waals surface area (Å²) in [6, 6.07) is 5.58. The second kappa shape index (κ2) is 4.80. The third kappa shape index (κ3) is 2.03. The van der Waals surface area contributed by atoms with Gasteiger partial charge in [-0.3, -0.25) is 4.68 Å². The Labute approximate surface area is 122 Å². The van der Waals surface area contributed by atoms with E-state index >= 15 is 0 Å². The van der Waals surface area contributed by atoms with E-state index in [1.54, 1.807) is 24.9 Å². The third-order valence-corrected chi connectivity index (χ3v) is 3.92. The predicted molar refractivity (Wildman–Crippen MR) is 79.1 cm³/mol. The average Bonchev–Trinajstić information content (AvgIpc) is 3.02. The number of hydrogen-bond donors (Lipinski definition) is 1. The van der Waals surface area contributed by atoms with Gasteiger partial charge in [-0.2, -0.15) is 5.10 Å². The quantitative estimate of drug-likeness (QED) is 0.932. The summed E-state index contributed by atoms with van der Waals surface area (Å²) in [7, 11) is 5.43. The molecule has 0 aliphatic carbocycles. The zero-order chi connectivity index (χ0) is 15.1. The lowest BCUT2D eigenvalue weighted by atomic mass is 10.0. The Kier molecular flexibility index (Phi) is 3.08. The van der Waals surface area contributed by atoms with Crippen LogP contribution in [0.4, 0.5) is 5.69 Å². The number of carboxylic acids is 1. The summed E-state index contributed by atoms with van der Waals surface area (Å²) < 4.78 is 7.18. The highest BCUT2D eigenvalue weighted by molar-refractivity contribution is 5.88. The van der Waals surface area contributed by atoms with E-state index in [0.717, 1.165) is 41.2 Å². The van der Waals surface area contributed by atoms with Gasteiger partial charge in [0, 0.05) is 37.5 Å². The number of carboxylic acid groups (broad SMARTS) is 1.